The zero-order valence-corrected chi connectivity index (χ0v) is 11.6. The molecule has 1 aliphatic heterocycles. The maximum atomic E-state index is 12.0. The van der Waals surface area contributed by atoms with Crippen LogP contribution in [-0.4, -0.2) is 30.3 Å². The molecule has 0 saturated carbocycles. The largest absolute Gasteiger partial charge is 0.395 e. The highest BCUT2D eigenvalue weighted by atomic mass is 16.5. The van der Waals surface area contributed by atoms with E-state index in [1.165, 1.54) is 0 Å². The van der Waals surface area contributed by atoms with Crippen LogP contribution in [0.4, 0.5) is 5.69 Å². The number of aliphatic hydroxyl groups excluding tert-OH is 1. The first kappa shape index (κ1) is 14.6. The monoisotopic (exact) mass is 273 g/mol. The van der Waals surface area contributed by atoms with Crippen molar-refractivity contribution in [1.82, 2.24) is 0 Å². The van der Waals surface area contributed by atoms with Crippen molar-refractivity contribution in [2.24, 2.45) is 0 Å². The number of benzene rings is 1. The summed E-state index contributed by atoms with van der Waals surface area (Å²) in [5.41, 5.74) is 2.58. The van der Waals surface area contributed by atoms with Gasteiger partial charge in [-0.25, -0.2) is 0 Å². The third-order valence-corrected chi connectivity index (χ3v) is 3.19. The third kappa shape index (κ3) is 3.83. The van der Waals surface area contributed by atoms with Gasteiger partial charge in [-0.15, -0.1) is 0 Å². The summed E-state index contributed by atoms with van der Waals surface area (Å²) in [5, 5.41) is 11.6. The summed E-state index contributed by atoms with van der Waals surface area (Å²) in [6, 6.07) is 5.68. The van der Waals surface area contributed by atoms with Gasteiger partial charge in [0, 0.05) is 24.3 Å². The highest BCUT2D eigenvalue weighted by molar-refractivity contribution is 5.95. The van der Waals surface area contributed by atoms with E-state index >= 15 is 0 Å². The molecule has 1 aliphatic rings. The molecule has 1 aromatic rings. The SMILES string of the molecule is Cc1ccc(C#CCCO)cc1NC(=O)C1CCCO1. The maximum absolute atomic E-state index is 12.0. The topological polar surface area (TPSA) is 58.6 Å². The predicted octanol–water partition coefficient (Wildman–Crippen LogP) is 1.85. The first-order valence-corrected chi connectivity index (χ1v) is 6.83. The van der Waals surface area contributed by atoms with E-state index in [0.717, 1.165) is 29.7 Å². The number of nitrogens with one attached hydrogen (secondary N) is 1. The van der Waals surface area contributed by atoms with Crippen molar-refractivity contribution >= 4 is 11.6 Å². The number of hydrogen-bond donors (Lipinski definition) is 2. The highest BCUT2D eigenvalue weighted by Gasteiger charge is 2.23. The lowest BCUT2D eigenvalue weighted by atomic mass is 10.1. The van der Waals surface area contributed by atoms with Crippen LogP contribution in [0.2, 0.25) is 0 Å². The van der Waals surface area contributed by atoms with Crippen LogP contribution in [0.3, 0.4) is 0 Å². The van der Waals surface area contributed by atoms with Crippen LogP contribution in [0.25, 0.3) is 0 Å². The Morgan fingerprint density at radius 1 is 1.55 bits per heavy atom. The molecular formula is C16H19NO3. The van der Waals surface area contributed by atoms with E-state index in [1.807, 2.05) is 25.1 Å². The van der Waals surface area contributed by atoms with E-state index in [4.69, 9.17) is 9.84 Å². The average molecular weight is 273 g/mol. The van der Waals surface area contributed by atoms with Crippen LogP contribution in [0.15, 0.2) is 18.2 Å². The van der Waals surface area contributed by atoms with Gasteiger partial charge in [-0.2, -0.15) is 0 Å². The number of amides is 1. The zero-order valence-electron chi connectivity index (χ0n) is 11.6. The van der Waals surface area contributed by atoms with E-state index in [9.17, 15) is 4.79 Å². The van der Waals surface area contributed by atoms with Crippen molar-refractivity contribution in [3.05, 3.63) is 29.3 Å². The van der Waals surface area contributed by atoms with Crippen LogP contribution in [-0.2, 0) is 9.53 Å². The number of carbonyl (C=O) groups is 1. The van der Waals surface area contributed by atoms with E-state index in [-0.39, 0.29) is 18.6 Å². The summed E-state index contributed by atoms with van der Waals surface area (Å²) in [5.74, 6) is 5.74. The maximum Gasteiger partial charge on any atom is 0.253 e. The Morgan fingerprint density at radius 3 is 3.10 bits per heavy atom. The second kappa shape index (κ2) is 7.09. The normalized spacial score (nSPS) is 17.4. The molecule has 0 aromatic heterocycles. The molecule has 0 bridgehead atoms. The van der Waals surface area contributed by atoms with E-state index < -0.39 is 0 Å². The predicted molar refractivity (Wildman–Crippen MR) is 77.4 cm³/mol. The van der Waals surface area contributed by atoms with Crippen molar-refractivity contribution in [2.45, 2.75) is 32.3 Å². The molecule has 4 nitrogen and oxygen atoms in total. The molecule has 1 saturated heterocycles. The minimum atomic E-state index is -0.335. The van der Waals surface area contributed by atoms with Gasteiger partial charge >= 0.3 is 0 Å². The average Bonchev–Trinajstić information content (AvgIpc) is 2.97. The van der Waals surface area contributed by atoms with Gasteiger partial charge in [-0.3, -0.25) is 4.79 Å². The van der Waals surface area contributed by atoms with Gasteiger partial charge < -0.3 is 15.2 Å². The molecule has 2 rings (SSSR count). The fourth-order valence-electron chi connectivity index (χ4n) is 2.05. The van der Waals surface area contributed by atoms with Crippen LogP contribution in [0.1, 0.15) is 30.4 Å². The first-order valence-electron chi connectivity index (χ1n) is 6.83. The smallest absolute Gasteiger partial charge is 0.253 e. The summed E-state index contributed by atoms with van der Waals surface area (Å²) >= 11 is 0. The summed E-state index contributed by atoms with van der Waals surface area (Å²) in [4.78, 5) is 12.0. The molecule has 1 atom stereocenters. The lowest BCUT2D eigenvalue weighted by Crippen LogP contribution is -2.27. The van der Waals surface area contributed by atoms with E-state index in [2.05, 4.69) is 17.2 Å². The number of anilines is 1. The second-order valence-electron chi connectivity index (χ2n) is 4.80. The Labute approximate surface area is 119 Å². The molecule has 106 valence electrons. The summed E-state index contributed by atoms with van der Waals surface area (Å²) < 4.78 is 5.37. The Morgan fingerprint density at radius 2 is 2.40 bits per heavy atom. The van der Waals surface area contributed by atoms with Crippen molar-refractivity contribution in [3.8, 4) is 11.8 Å². The summed E-state index contributed by atoms with van der Waals surface area (Å²) in [6.07, 6.45) is 1.83. The van der Waals surface area contributed by atoms with Gasteiger partial charge in [0.1, 0.15) is 6.10 Å². The van der Waals surface area contributed by atoms with Crippen LogP contribution in [0.5, 0.6) is 0 Å². The Kier molecular flexibility index (Phi) is 5.16. The number of hydrogen-bond acceptors (Lipinski definition) is 3. The molecule has 1 amide bonds. The molecule has 1 fully saturated rings. The van der Waals surface area contributed by atoms with Gasteiger partial charge in [0.2, 0.25) is 0 Å². The van der Waals surface area contributed by atoms with Crippen LogP contribution >= 0.6 is 0 Å². The Balaban J connectivity index is 2.08. The van der Waals surface area contributed by atoms with E-state index in [0.29, 0.717) is 13.0 Å². The molecule has 4 heteroatoms. The number of ether oxygens (including phenoxy) is 1. The number of aliphatic hydroxyl groups is 1. The first-order chi connectivity index (χ1) is 9.70. The third-order valence-electron chi connectivity index (χ3n) is 3.19. The lowest BCUT2D eigenvalue weighted by molar-refractivity contribution is -0.124. The van der Waals surface area contributed by atoms with Crippen molar-refractivity contribution in [1.29, 1.82) is 0 Å². The van der Waals surface area contributed by atoms with Crippen LogP contribution in [0, 0.1) is 18.8 Å². The van der Waals surface area contributed by atoms with Crippen molar-refractivity contribution in [3.63, 3.8) is 0 Å². The van der Waals surface area contributed by atoms with Gasteiger partial charge in [0.15, 0.2) is 0 Å². The summed E-state index contributed by atoms with van der Waals surface area (Å²) in [6.45, 7) is 2.65. The Bertz CT molecular complexity index is 536. The number of aryl methyl sites for hydroxylation is 1. The van der Waals surface area contributed by atoms with Crippen molar-refractivity contribution in [2.75, 3.05) is 18.5 Å². The number of carbonyl (C=O) groups excluding carboxylic acids is 1. The standard InChI is InChI=1S/C16H19NO3/c1-12-7-8-13(5-2-3-9-18)11-14(12)17-16(19)15-6-4-10-20-15/h7-8,11,15,18H,3-4,6,9-10H2,1H3,(H,17,19). The highest BCUT2D eigenvalue weighted by Crippen LogP contribution is 2.19. The summed E-state index contributed by atoms with van der Waals surface area (Å²) in [7, 11) is 0. The minimum absolute atomic E-state index is 0.0570. The molecule has 1 unspecified atom stereocenters. The number of rotatable bonds is 3. The van der Waals surface area contributed by atoms with Gasteiger partial charge in [-0.05, 0) is 37.5 Å². The van der Waals surface area contributed by atoms with Gasteiger partial charge in [0.05, 0.1) is 6.61 Å². The van der Waals surface area contributed by atoms with E-state index in [1.54, 1.807) is 0 Å². The molecule has 20 heavy (non-hydrogen) atoms. The molecule has 1 heterocycles. The van der Waals surface area contributed by atoms with Crippen LogP contribution < -0.4 is 5.32 Å². The second-order valence-corrected chi connectivity index (χ2v) is 4.80. The molecule has 0 aliphatic carbocycles. The van der Waals surface area contributed by atoms with Gasteiger partial charge in [0.25, 0.3) is 5.91 Å². The minimum Gasteiger partial charge on any atom is -0.395 e. The molecule has 2 N–H and O–H groups in total. The molecule has 1 aromatic carbocycles. The quantitative estimate of drug-likeness (QED) is 0.826. The molecule has 0 spiro atoms. The van der Waals surface area contributed by atoms with Crippen molar-refractivity contribution < 1.29 is 14.6 Å². The fourth-order valence-corrected chi connectivity index (χ4v) is 2.05. The van der Waals surface area contributed by atoms with Gasteiger partial charge in [-0.1, -0.05) is 17.9 Å². The lowest BCUT2D eigenvalue weighted by Gasteiger charge is -2.12. The molecular weight excluding hydrogens is 254 g/mol. The Hall–Kier alpha value is -1.83. The zero-order chi connectivity index (χ0) is 14.4. The fraction of sp³-hybridized carbons (Fsp3) is 0.438. The molecule has 0 radical (unpaired) electrons.